The molecule has 0 spiro atoms. The van der Waals surface area contributed by atoms with Crippen LogP contribution in [0.2, 0.25) is 0 Å². The molecule has 0 bridgehead atoms. The van der Waals surface area contributed by atoms with Crippen LogP contribution in [0.4, 0.5) is 31.1 Å². The number of rotatable bonds is 3. The van der Waals surface area contributed by atoms with Crippen LogP contribution in [0, 0.1) is 0 Å². The van der Waals surface area contributed by atoms with Crippen LogP contribution in [-0.2, 0) is 12.4 Å². The van der Waals surface area contributed by atoms with E-state index < -0.39 is 47.0 Å². The van der Waals surface area contributed by atoms with E-state index in [1.165, 1.54) is 0 Å². The number of ketones is 1. The number of hydrogen-bond donors (Lipinski definition) is 2. The topological polar surface area (TPSA) is 66.4 Å². The number of alkyl halides is 6. The molecule has 0 aliphatic heterocycles. The summed E-state index contributed by atoms with van der Waals surface area (Å²) < 4.78 is 75.7. The zero-order valence-electron chi connectivity index (χ0n) is 10.8. The molecule has 1 unspecified atom stereocenters. The fraction of sp³-hybridized carbons (Fsp3) is 0.333. The molecule has 0 aliphatic carbocycles. The third-order valence-electron chi connectivity index (χ3n) is 2.61. The van der Waals surface area contributed by atoms with E-state index in [0.717, 1.165) is 6.92 Å². The van der Waals surface area contributed by atoms with Gasteiger partial charge in [-0.1, -0.05) is 0 Å². The first-order chi connectivity index (χ1) is 9.82. The first-order valence-electron chi connectivity index (χ1n) is 5.65. The lowest BCUT2D eigenvalue weighted by Crippen LogP contribution is -2.37. The number of benzene rings is 1. The average molecular weight is 329 g/mol. The van der Waals surface area contributed by atoms with Crippen molar-refractivity contribution in [2.45, 2.75) is 25.3 Å². The number of carboxylic acid groups (broad SMARTS) is 1. The molecule has 1 amide bonds. The average Bonchev–Trinajstić information content (AvgIpc) is 2.34. The number of carbonyl (C=O) groups is 2. The summed E-state index contributed by atoms with van der Waals surface area (Å²) >= 11 is 0. The number of hydrogen-bond acceptors (Lipinski definition) is 2. The molecular formula is C12H9F6NO3. The van der Waals surface area contributed by atoms with Crippen LogP contribution < -0.4 is 5.32 Å². The molecule has 0 aliphatic rings. The van der Waals surface area contributed by atoms with E-state index in [4.69, 9.17) is 5.11 Å². The second-order valence-corrected chi connectivity index (χ2v) is 4.33. The molecule has 0 saturated heterocycles. The maximum absolute atomic E-state index is 12.6. The summed E-state index contributed by atoms with van der Waals surface area (Å²) in [7, 11) is 0. The highest BCUT2D eigenvalue weighted by Gasteiger charge is 2.37. The molecule has 10 heteroatoms. The summed E-state index contributed by atoms with van der Waals surface area (Å²) in [4.78, 5) is 22.2. The number of nitrogens with one attached hydrogen (secondary N) is 1. The fourth-order valence-corrected chi connectivity index (χ4v) is 1.60. The van der Waals surface area contributed by atoms with E-state index in [9.17, 15) is 35.9 Å². The molecule has 0 radical (unpaired) electrons. The molecule has 2 N–H and O–H groups in total. The van der Waals surface area contributed by atoms with Crippen LogP contribution in [0.3, 0.4) is 0 Å². The molecule has 22 heavy (non-hydrogen) atoms. The second-order valence-electron chi connectivity index (χ2n) is 4.33. The summed E-state index contributed by atoms with van der Waals surface area (Å²) in [6.45, 7) is 1.00. The number of carbonyl (C=O) groups excluding carboxylic acids is 1. The van der Waals surface area contributed by atoms with Gasteiger partial charge in [-0.2, -0.15) is 26.3 Å². The van der Waals surface area contributed by atoms with Crippen LogP contribution in [0.5, 0.6) is 0 Å². The predicted molar refractivity (Wildman–Crippen MR) is 61.4 cm³/mol. The molecule has 1 rings (SSSR count). The van der Waals surface area contributed by atoms with Gasteiger partial charge in [-0.3, -0.25) is 4.79 Å². The largest absolute Gasteiger partial charge is 0.465 e. The zero-order valence-corrected chi connectivity index (χ0v) is 10.8. The molecule has 1 atom stereocenters. The van der Waals surface area contributed by atoms with Gasteiger partial charge in [0.05, 0.1) is 17.2 Å². The van der Waals surface area contributed by atoms with Crippen molar-refractivity contribution in [2.75, 3.05) is 0 Å². The van der Waals surface area contributed by atoms with E-state index in [1.54, 1.807) is 5.32 Å². The maximum atomic E-state index is 12.6. The normalized spacial score (nSPS) is 13.6. The summed E-state index contributed by atoms with van der Waals surface area (Å²) in [6, 6.07) is -1.12. The predicted octanol–water partition coefficient (Wildman–Crippen LogP) is 3.56. The molecule has 1 aromatic carbocycles. The standard InChI is InChI=1S/C12H9F6NO3/c1-5(19-10(21)22)9(20)6-2-7(11(13,14)15)4-8(3-6)12(16,17)18/h2-5,19H,1H3,(H,21,22). The smallest absolute Gasteiger partial charge is 0.416 e. The Balaban J connectivity index is 3.35. The van der Waals surface area contributed by atoms with Crippen LogP contribution in [0.15, 0.2) is 18.2 Å². The molecule has 1 aromatic rings. The van der Waals surface area contributed by atoms with Crippen molar-refractivity contribution >= 4 is 11.9 Å². The lowest BCUT2D eigenvalue weighted by Gasteiger charge is -2.15. The van der Waals surface area contributed by atoms with Crippen molar-refractivity contribution in [1.29, 1.82) is 0 Å². The van der Waals surface area contributed by atoms with Crippen molar-refractivity contribution in [3.05, 3.63) is 34.9 Å². The first-order valence-corrected chi connectivity index (χ1v) is 5.65. The quantitative estimate of drug-likeness (QED) is 0.658. The number of halogens is 6. The van der Waals surface area contributed by atoms with Gasteiger partial charge in [0.25, 0.3) is 0 Å². The van der Waals surface area contributed by atoms with Crippen molar-refractivity contribution < 1.29 is 41.0 Å². The van der Waals surface area contributed by atoms with E-state index in [0.29, 0.717) is 0 Å². The van der Waals surface area contributed by atoms with Crippen molar-refractivity contribution in [3.8, 4) is 0 Å². The van der Waals surface area contributed by atoms with E-state index >= 15 is 0 Å². The minimum Gasteiger partial charge on any atom is -0.465 e. The summed E-state index contributed by atoms with van der Waals surface area (Å²) in [5.74, 6) is -1.21. The van der Waals surface area contributed by atoms with Gasteiger partial charge in [-0.25, -0.2) is 4.79 Å². The van der Waals surface area contributed by atoms with Gasteiger partial charge in [0.1, 0.15) is 0 Å². The first kappa shape index (κ1) is 17.8. The molecule has 0 fully saturated rings. The Labute approximate surface area is 119 Å². The molecule has 4 nitrogen and oxygen atoms in total. The van der Waals surface area contributed by atoms with Gasteiger partial charge in [0.15, 0.2) is 5.78 Å². The van der Waals surface area contributed by atoms with Gasteiger partial charge >= 0.3 is 18.4 Å². The van der Waals surface area contributed by atoms with Crippen LogP contribution in [0.25, 0.3) is 0 Å². The molecule has 0 aromatic heterocycles. The second kappa shape index (κ2) is 5.85. The Hall–Kier alpha value is -2.26. The molecular weight excluding hydrogens is 320 g/mol. The van der Waals surface area contributed by atoms with Gasteiger partial charge in [0.2, 0.25) is 0 Å². The monoisotopic (exact) mass is 329 g/mol. The maximum Gasteiger partial charge on any atom is 0.416 e. The summed E-state index contributed by atoms with van der Waals surface area (Å²) in [6.07, 6.45) is -11.8. The van der Waals surface area contributed by atoms with Crippen molar-refractivity contribution in [2.24, 2.45) is 0 Å². The molecule has 0 saturated carbocycles. The van der Waals surface area contributed by atoms with Crippen LogP contribution in [-0.4, -0.2) is 23.0 Å². The Morgan fingerprint density at radius 2 is 1.41 bits per heavy atom. The zero-order chi connectivity index (χ0) is 17.3. The lowest BCUT2D eigenvalue weighted by atomic mass is 9.99. The lowest BCUT2D eigenvalue weighted by molar-refractivity contribution is -0.143. The van der Waals surface area contributed by atoms with Crippen molar-refractivity contribution in [3.63, 3.8) is 0 Å². The third-order valence-corrected chi connectivity index (χ3v) is 2.61. The number of Topliss-reactive ketones (excluding diaryl/α,β-unsaturated/α-hetero) is 1. The Kier molecular flexibility index (Phi) is 4.73. The third kappa shape index (κ3) is 4.37. The fourth-order valence-electron chi connectivity index (χ4n) is 1.60. The summed E-state index contributed by atoms with van der Waals surface area (Å²) in [5.41, 5.74) is -4.18. The van der Waals surface area contributed by atoms with E-state index in [2.05, 4.69) is 0 Å². The van der Waals surface area contributed by atoms with Gasteiger partial charge < -0.3 is 10.4 Å². The molecule has 0 heterocycles. The van der Waals surface area contributed by atoms with Crippen LogP contribution in [0.1, 0.15) is 28.4 Å². The van der Waals surface area contributed by atoms with E-state index in [-0.39, 0.29) is 18.2 Å². The number of amides is 1. The highest BCUT2D eigenvalue weighted by molar-refractivity contribution is 6.01. The highest BCUT2D eigenvalue weighted by Crippen LogP contribution is 2.36. The minimum absolute atomic E-state index is 0.119. The molecule has 122 valence electrons. The highest BCUT2D eigenvalue weighted by atomic mass is 19.4. The van der Waals surface area contributed by atoms with Gasteiger partial charge in [-0.05, 0) is 25.1 Å². The Bertz CT molecular complexity index is 561. The SMILES string of the molecule is CC(NC(=O)O)C(=O)c1cc(C(F)(F)F)cc(C(F)(F)F)c1. The summed E-state index contributed by atoms with van der Waals surface area (Å²) in [5, 5.41) is 10.1. The Morgan fingerprint density at radius 1 is 1.00 bits per heavy atom. The van der Waals surface area contributed by atoms with Gasteiger partial charge in [0, 0.05) is 5.56 Å². The Morgan fingerprint density at radius 3 is 1.73 bits per heavy atom. The van der Waals surface area contributed by atoms with Crippen molar-refractivity contribution in [1.82, 2.24) is 5.32 Å². The van der Waals surface area contributed by atoms with Gasteiger partial charge in [-0.15, -0.1) is 0 Å². The van der Waals surface area contributed by atoms with Crippen LogP contribution >= 0.6 is 0 Å². The van der Waals surface area contributed by atoms with E-state index in [1.807, 2.05) is 0 Å². The minimum atomic E-state index is -5.08.